The van der Waals surface area contributed by atoms with Crippen molar-refractivity contribution in [3.63, 3.8) is 0 Å². The molecule has 1 fully saturated rings. The molecule has 2 aliphatic rings. The predicted molar refractivity (Wildman–Crippen MR) is 114 cm³/mol. The quantitative estimate of drug-likeness (QED) is 0.616. The lowest BCUT2D eigenvalue weighted by Gasteiger charge is -2.27. The van der Waals surface area contributed by atoms with E-state index in [1.165, 1.54) is 6.07 Å². The van der Waals surface area contributed by atoms with Crippen LogP contribution in [-0.4, -0.2) is 39.5 Å². The van der Waals surface area contributed by atoms with Crippen LogP contribution in [0, 0.1) is 11.6 Å². The van der Waals surface area contributed by atoms with Gasteiger partial charge >= 0.3 is 0 Å². The lowest BCUT2D eigenvalue weighted by molar-refractivity contribution is -0.131. The fraction of sp³-hybridized carbons (Fsp3) is 0.333. The number of ether oxygens (including phenoxy) is 1. The number of carbonyl (C=O) groups excluding carboxylic acids is 1. The maximum atomic E-state index is 14.5. The molecular formula is C24H24F2N4O2. The molecule has 1 N–H and O–H groups in total. The van der Waals surface area contributed by atoms with Crippen LogP contribution in [0.15, 0.2) is 54.9 Å². The van der Waals surface area contributed by atoms with Gasteiger partial charge in [0.05, 0.1) is 13.1 Å². The molecule has 1 aliphatic carbocycles. The van der Waals surface area contributed by atoms with Crippen LogP contribution in [0.1, 0.15) is 29.3 Å². The van der Waals surface area contributed by atoms with Gasteiger partial charge in [0, 0.05) is 49.1 Å². The van der Waals surface area contributed by atoms with Gasteiger partial charge in [-0.15, -0.1) is 0 Å². The molecule has 8 heteroatoms. The Kier molecular flexibility index (Phi) is 5.61. The average molecular weight is 438 g/mol. The largest absolute Gasteiger partial charge is 0.486 e. The van der Waals surface area contributed by atoms with E-state index in [2.05, 4.69) is 10.3 Å². The number of carbonyl (C=O) groups is 1. The van der Waals surface area contributed by atoms with Crippen LogP contribution >= 0.6 is 0 Å². The van der Waals surface area contributed by atoms with Gasteiger partial charge in [-0.2, -0.15) is 0 Å². The first kappa shape index (κ1) is 20.6. The molecule has 0 spiro atoms. The molecule has 6 nitrogen and oxygen atoms in total. The van der Waals surface area contributed by atoms with E-state index in [-0.39, 0.29) is 36.8 Å². The van der Waals surface area contributed by atoms with Crippen LogP contribution in [0.4, 0.5) is 8.78 Å². The van der Waals surface area contributed by atoms with Gasteiger partial charge in [0.15, 0.2) is 11.6 Å². The second kappa shape index (κ2) is 8.70. The SMILES string of the molecule is O=C(CNC1CC1c1cc(F)cc(F)c1OCc1ccccc1)N1CCn2ccnc2C1. The third-order valence-corrected chi connectivity index (χ3v) is 6.07. The van der Waals surface area contributed by atoms with Crippen molar-refractivity contribution in [2.24, 2.45) is 0 Å². The Morgan fingerprint density at radius 3 is 2.88 bits per heavy atom. The molecule has 0 saturated heterocycles. The van der Waals surface area contributed by atoms with E-state index in [0.29, 0.717) is 25.1 Å². The third kappa shape index (κ3) is 4.36. The van der Waals surface area contributed by atoms with Gasteiger partial charge in [0.25, 0.3) is 0 Å². The van der Waals surface area contributed by atoms with Gasteiger partial charge in [0.2, 0.25) is 5.91 Å². The summed E-state index contributed by atoms with van der Waals surface area (Å²) in [6.07, 6.45) is 4.36. The first-order chi connectivity index (χ1) is 15.6. The molecule has 2 heterocycles. The zero-order valence-electron chi connectivity index (χ0n) is 17.5. The summed E-state index contributed by atoms with van der Waals surface area (Å²) in [5.74, 6) is -0.477. The van der Waals surface area contributed by atoms with E-state index in [1.54, 1.807) is 11.1 Å². The fourth-order valence-electron chi connectivity index (χ4n) is 4.22. The highest BCUT2D eigenvalue weighted by atomic mass is 19.1. The number of amides is 1. The van der Waals surface area contributed by atoms with E-state index in [4.69, 9.17) is 4.74 Å². The van der Waals surface area contributed by atoms with Crippen LogP contribution in [0.3, 0.4) is 0 Å². The van der Waals surface area contributed by atoms with Gasteiger partial charge in [0.1, 0.15) is 18.2 Å². The van der Waals surface area contributed by atoms with Gasteiger partial charge < -0.3 is 19.5 Å². The molecule has 2 atom stereocenters. The van der Waals surface area contributed by atoms with Crippen LogP contribution in [0.5, 0.6) is 5.75 Å². The number of benzene rings is 2. The molecule has 2 aromatic carbocycles. The van der Waals surface area contributed by atoms with E-state index in [9.17, 15) is 13.6 Å². The molecule has 1 aromatic heterocycles. The van der Waals surface area contributed by atoms with Crippen LogP contribution in [0.2, 0.25) is 0 Å². The van der Waals surface area contributed by atoms with Crippen molar-refractivity contribution in [3.8, 4) is 5.75 Å². The van der Waals surface area contributed by atoms with Crippen molar-refractivity contribution >= 4 is 5.91 Å². The molecule has 1 amide bonds. The maximum Gasteiger partial charge on any atom is 0.237 e. The lowest BCUT2D eigenvalue weighted by Crippen LogP contribution is -2.43. The molecular weight excluding hydrogens is 414 g/mol. The Balaban J connectivity index is 1.20. The monoisotopic (exact) mass is 438 g/mol. The summed E-state index contributed by atoms with van der Waals surface area (Å²) in [5, 5.41) is 3.24. The minimum atomic E-state index is -0.707. The van der Waals surface area contributed by atoms with Crippen molar-refractivity contribution in [3.05, 3.63) is 83.4 Å². The second-order valence-electron chi connectivity index (χ2n) is 8.26. The number of aromatic nitrogens is 2. The summed E-state index contributed by atoms with van der Waals surface area (Å²) in [6.45, 7) is 2.25. The molecule has 166 valence electrons. The molecule has 0 bridgehead atoms. The van der Waals surface area contributed by atoms with E-state index in [1.807, 2.05) is 41.1 Å². The van der Waals surface area contributed by atoms with Gasteiger partial charge in [-0.3, -0.25) is 4.79 Å². The zero-order valence-corrected chi connectivity index (χ0v) is 17.5. The summed E-state index contributed by atoms with van der Waals surface area (Å²) in [7, 11) is 0. The summed E-state index contributed by atoms with van der Waals surface area (Å²) < 4.78 is 36.3. The Hall–Kier alpha value is -3.26. The molecule has 32 heavy (non-hydrogen) atoms. The van der Waals surface area contributed by atoms with Gasteiger partial charge in [-0.05, 0) is 18.1 Å². The predicted octanol–water partition coefficient (Wildman–Crippen LogP) is 3.23. The topological polar surface area (TPSA) is 59.4 Å². The molecule has 1 saturated carbocycles. The van der Waals surface area contributed by atoms with Crippen molar-refractivity contribution in [1.82, 2.24) is 19.8 Å². The summed E-state index contributed by atoms with van der Waals surface area (Å²) in [5.41, 5.74) is 1.41. The Morgan fingerprint density at radius 2 is 2.03 bits per heavy atom. The second-order valence-corrected chi connectivity index (χ2v) is 8.26. The van der Waals surface area contributed by atoms with Gasteiger partial charge in [-0.1, -0.05) is 30.3 Å². The zero-order chi connectivity index (χ0) is 22.1. The first-order valence-corrected chi connectivity index (χ1v) is 10.8. The normalized spacial score (nSPS) is 19.5. The standard InChI is InChI=1S/C24H24F2N4O2/c25-17-10-19(24(20(26)11-17)32-15-16-4-2-1-3-5-16)18-12-21(18)28-13-23(31)30-9-8-29-7-6-27-22(29)14-30/h1-7,10-11,18,21,28H,8-9,12-15H2. The third-order valence-electron chi connectivity index (χ3n) is 6.07. The first-order valence-electron chi connectivity index (χ1n) is 10.8. The van der Waals surface area contributed by atoms with E-state index < -0.39 is 11.6 Å². The molecule has 1 aliphatic heterocycles. The minimum Gasteiger partial charge on any atom is -0.486 e. The summed E-state index contributed by atoms with van der Waals surface area (Å²) in [6, 6.07) is 11.6. The van der Waals surface area contributed by atoms with Crippen molar-refractivity contribution < 1.29 is 18.3 Å². The van der Waals surface area contributed by atoms with Crippen LogP contribution in [-0.2, 0) is 24.5 Å². The number of hydrogen-bond donors (Lipinski definition) is 1. The Labute approximate surface area is 184 Å². The number of rotatable bonds is 7. The van der Waals surface area contributed by atoms with Crippen molar-refractivity contribution in [1.29, 1.82) is 0 Å². The smallest absolute Gasteiger partial charge is 0.237 e. The average Bonchev–Trinajstić information content (AvgIpc) is 3.42. The van der Waals surface area contributed by atoms with Crippen molar-refractivity contribution in [2.75, 3.05) is 13.1 Å². The lowest BCUT2D eigenvalue weighted by atomic mass is 10.1. The molecule has 3 aromatic rings. The number of halogens is 2. The number of hydrogen-bond acceptors (Lipinski definition) is 4. The highest BCUT2D eigenvalue weighted by Gasteiger charge is 2.41. The molecule has 2 unspecified atom stereocenters. The number of nitrogens with zero attached hydrogens (tertiary/aromatic N) is 3. The van der Waals surface area contributed by atoms with Crippen LogP contribution in [0.25, 0.3) is 0 Å². The summed E-state index contributed by atoms with van der Waals surface area (Å²) in [4.78, 5) is 18.7. The minimum absolute atomic E-state index is 0.00382. The van der Waals surface area contributed by atoms with E-state index in [0.717, 1.165) is 24.0 Å². The van der Waals surface area contributed by atoms with Crippen LogP contribution < -0.4 is 10.1 Å². The van der Waals surface area contributed by atoms with Gasteiger partial charge in [-0.25, -0.2) is 13.8 Å². The number of fused-ring (bicyclic) bond motifs is 1. The molecule has 5 rings (SSSR count). The maximum absolute atomic E-state index is 14.5. The Bertz CT molecular complexity index is 1120. The van der Waals surface area contributed by atoms with Crippen molar-refractivity contribution in [2.45, 2.75) is 38.1 Å². The highest BCUT2D eigenvalue weighted by Crippen LogP contribution is 2.46. The Morgan fingerprint density at radius 1 is 1.19 bits per heavy atom. The number of imidazole rings is 1. The highest BCUT2D eigenvalue weighted by molar-refractivity contribution is 5.78. The number of nitrogens with one attached hydrogen (secondary N) is 1. The summed E-state index contributed by atoms with van der Waals surface area (Å²) >= 11 is 0. The molecule has 0 radical (unpaired) electrons. The van der Waals surface area contributed by atoms with E-state index >= 15 is 0 Å². The fourth-order valence-corrected chi connectivity index (χ4v) is 4.22.